The van der Waals surface area contributed by atoms with Gasteiger partial charge in [0.05, 0.1) is 36.1 Å². The van der Waals surface area contributed by atoms with Gasteiger partial charge in [-0.2, -0.15) is 0 Å². The molecule has 40 heavy (non-hydrogen) atoms. The molecular weight excluding hydrogens is 546 g/mol. The molecule has 210 valence electrons. The molecule has 0 saturated carbocycles. The number of fused-ring (bicyclic) bond motifs is 2. The SMILES string of the molecule is Cc1cc(C)c2c(=O)n(CC(O)CN(Cc3ccccc3)CC(O)Cn3sc4nc(C)cc(C)c4c3=O)sc2n1. The van der Waals surface area contributed by atoms with Crippen LogP contribution in [0.4, 0.5) is 0 Å². The van der Waals surface area contributed by atoms with E-state index in [-0.39, 0.29) is 37.3 Å². The van der Waals surface area contributed by atoms with Gasteiger partial charge in [0.15, 0.2) is 0 Å². The zero-order valence-electron chi connectivity index (χ0n) is 23.0. The zero-order valence-corrected chi connectivity index (χ0v) is 24.6. The van der Waals surface area contributed by atoms with Crippen LogP contribution in [-0.4, -0.2) is 58.3 Å². The molecule has 0 amide bonds. The van der Waals surface area contributed by atoms with Crippen LogP contribution >= 0.6 is 23.1 Å². The van der Waals surface area contributed by atoms with E-state index in [2.05, 4.69) is 9.97 Å². The molecule has 4 aromatic heterocycles. The van der Waals surface area contributed by atoms with Crippen LogP contribution in [0.1, 0.15) is 28.1 Å². The van der Waals surface area contributed by atoms with E-state index < -0.39 is 12.2 Å². The fourth-order valence-electron chi connectivity index (χ4n) is 5.18. The third-order valence-corrected chi connectivity index (χ3v) is 8.84. The Morgan fingerprint density at radius 3 is 1.68 bits per heavy atom. The number of nitrogens with zero attached hydrogens (tertiary/aromatic N) is 5. The summed E-state index contributed by atoms with van der Waals surface area (Å²) in [5.74, 6) is 0. The van der Waals surface area contributed by atoms with Crippen LogP contribution in [0.2, 0.25) is 0 Å². The highest BCUT2D eigenvalue weighted by atomic mass is 32.1. The Bertz CT molecular complexity index is 1660. The summed E-state index contributed by atoms with van der Waals surface area (Å²) >= 11 is 2.51. The Morgan fingerprint density at radius 2 is 1.23 bits per heavy atom. The second-order valence-electron chi connectivity index (χ2n) is 10.4. The lowest BCUT2D eigenvalue weighted by Gasteiger charge is -2.27. The van der Waals surface area contributed by atoms with E-state index in [1.54, 1.807) is 7.91 Å². The van der Waals surface area contributed by atoms with E-state index in [0.717, 1.165) is 28.1 Å². The first-order valence-electron chi connectivity index (χ1n) is 13.2. The van der Waals surface area contributed by atoms with E-state index in [0.29, 0.717) is 27.0 Å². The van der Waals surface area contributed by atoms with Gasteiger partial charge in [0.2, 0.25) is 0 Å². The summed E-state index contributed by atoms with van der Waals surface area (Å²) in [6.45, 7) is 8.81. The maximum atomic E-state index is 13.0. The van der Waals surface area contributed by atoms with Gasteiger partial charge in [-0.15, -0.1) is 0 Å². The normalized spacial score (nSPS) is 13.5. The van der Waals surface area contributed by atoms with E-state index in [9.17, 15) is 19.8 Å². The molecule has 0 radical (unpaired) electrons. The minimum absolute atomic E-state index is 0.125. The molecule has 0 aliphatic heterocycles. The lowest BCUT2D eigenvalue weighted by atomic mass is 10.2. The summed E-state index contributed by atoms with van der Waals surface area (Å²) in [6.07, 6.45) is -1.71. The molecule has 2 N–H and O–H groups in total. The van der Waals surface area contributed by atoms with Crippen LogP contribution < -0.4 is 11.1 Å². The number of pyridine rings is 2. The second-order valence-corrected chi connectivity index (χ2v) is 12.4. The highest BCUT2D eigenvalue weighted by Gasteiger charge is 2.21. The number of aliphatic hydroxyl groups is 2. The Balaban J connectivity index is 1.33. The number of aliphatic hydroxyl groups excluding tert-OH is 2. The average Bonchev–Trinajstić information content (AvgIpc) is 3.34. The van der Waals surface area contributed by atoms with Crippen LogP contribution in [0.25, 0.3) is 20.4 Å². The van der Waals surface area contributed by atoms with Gasteiger partial charge in [-0.25, -0.2) is 9.97 Å². The smallest absolute Gasteiger partial charge is 0.270 e. The minimum Gasteiger partial charge on any atom is -0.390 e. The summed E-state index contributed by atoms with van der Waals surface area (Å²) in [5.41, 5.74) is 4.18. The third kappa shape index (κ3) is 6.08. The molecule has 0 fully saturated rings. The van der Waals surface area contributed by atoms with Crippen molar-refractivity contribution in [1.82, 2.24) is 22.8 Å². The van der Waals surface area contributed by atoms with Crippen LogP contribution in [0, 0.1) is 27.7 Å². The lowest BCUT2D eigenvalue weighted by molar-refractivity contribution is 0.0538. The largest absolute Gasteiger partial charge is 0.390 e. The lowest BCUT2D eigenvalue weighted by Crippen LogP contribution is -2.41. The summed E-state index contributed by atoms with van der Waals surface area (Å²) in [7, 11) is 0. The predicted molar refractivity (Wildman–Crippen MR) is 160 cm³/mol. The van der Waals surface area contributed by atoms with Crippen LogP contribution in [0.5, 0.6) is 0 Å². The Hall–Kier alpha value is -3.22. The van der Waals surface area contributed by atoms with Crippen molar-refractivity contribution in [2.75, 3.05) is 13.1 Å². The molecule has 9 nitrogen and oxygen atoms in total. The summed E-state index contributed by atoms with van der Waals surface area (Å²) in [5, 5.41) is 23.3. The number of aromatic nitrogens is 4. The van der Waals surface area contributed by atoms with Crippen LogP contribution in [0.15, 0.2) is 52.1 Å². The van der Waals surface area contributed by atoms with Crippen molar-refractivity contribution in [2.45, 2.75) is 59.5 Å². The third-order valence-electron chi connectivity index (χ3n) is 6.84. The number of rotatable bonds is 10. The van der Waals surface area contributed by atoms with Crippen molar-refractivity contribution in [1.29, 1.82) is 0 Å². The highest BCUT2D eigenvalue weighted by molar-refractivity contribution is 7.13. The van der Waals surface area contributed by atoms with Crippen LogP contribution in [-0.2, 0) is 19.6 Å². The van der Waals surface area contributed by atoms with Gasteiger partial charge in [-0.1, -0.05) is 30.3 Å². The molecule has 1 aromatic carbocycles. The molecule has 11 heteroatoms. The van der Waals surface area contributed by atoms with Gasteiger partial charge in [0.1, 0.15) is 9.66 Å². The van der Waals surface area contributed by atoms with Crippen molar-refractivity contribution in [3.8, 4) is 0 Å². The van der Waals surface area contributed by atoms with Crippen molar-refractivity contribution < 1.29 is 10.2 Å². The molecule has 5 rings (SSSR count). The molecule has 0 aliphatic carbocycles. The minimum atomic E-state index is -0.857. The van der Waals surface area contributed by atoms with Gasteiger partial charge in [0.25, 0.3) is 11.1 Å². The number of hydrogen-bond donors (Lipinski definition) is 2. The molecule has 2 atom stereocenters. The molecule has 0 bridgehead atoms. The number of benzene rings is 1. The first-order valence-corrected chi connectivity index (χ1v) is 14.7. The molecule has 5 aromatic rings. The Morgan fingerprint density at radius 1 is 0.775 bits per heavy atom. The fourth-order valence-corrected chi connectivity index (χ4v) is 7.49. The van der Waals surface area contributed by atoms with E-state index in [4.69, 9.17) is 0 Å². The standard InChI is InChI=1S/C29H33N5O4S2/c1-17-10-19(3)30-26-24(17)28(37)33(39-26)15-22(35)13-32(12-21-8-6-5-7-9-21)14-23(36)16-34-29(38)25-18(2)11-20(4)31-27(25)40-34/h5-11,22-23,35-36H,12-16H2,1-4H3. The number of aryl methyl sites for hydroxylation is 4. The topological polar surface area (TPSA) is 113 Å². The molecule has 0 spiro atoms. The van der Waals surface area contributed by atoms with Crippen molar-refractivity contribution in [3.63, 3.8) is 0 Å². The van der Waals surface area contributed by atoms with Gasteiger partial charge in [-0.05, 0) is 79.6 Å². The van der Waals surface area contributed by atoms with Gasteiger partial charge in [-0.3, -0.25) is 22.4 Å². The van der Waals surface area contributed by atoms with Gasteiger partial charge >= 0.3 is 0 Å². The molecule has 2 unspecified atom stereocenters. The maximum absolute atomic E-state index is 13.0. The van der Waals surface area contributed by atoms with Crippen LogP contribution in [0.3, 0.4) is 0 Å². The van der Waals surface area contributed by atoms with Crippen molar-refractivity contribution >= 4 is 43.5 Å². The fraction of sp³-hybridized carbons (Fsp3) is 0.379. The average molecular weight is 580 g/mol. The van der Waals surface area contributed by atoms with E-state index in [1.807, 2.05) is 75.1 Å². The molecule has 0 aliphatic rings. The summed E-state index contributed by atoms with van der Waals surface area (Å²) in [4.78, 5) is 38.4. The zero-order chi connectivity index (χ0) is 28.6. The first-order chi connectivity index (χ1) is 19.1. The molecule has 4 heterocycles. The van der Waals surface area contributed by atoms with E-state index in [1.165, 1.54) is 23.1 Å². The molecule has 0 saturated heterocycles. The Labute approximate surface area is 239 Å². The summed E-state index contributed by atoms with van der Waals surface area (Å²) in [6, 6.07) is 13.6. The van der Waals surface area contributed by atoms with Crippen molar-refractivity contribution in [3.05, 3.63) is 91.3 Å². The molecular formula is C29H33N5O4S2. The second kappa shape index (κ2) is 11.7. The summed E-state index contributed by atoms with van der Waals surface area (Å²) < 4.78 is 3.11. The van der Waals surface area contributed by atoms with Gasteiger partial charge in [0, 0.05) is 31.0 Å². The van der Waals surface area contributed by atoms with Gasteiger partial charge < -0.3 is 10.2 Å². The maximum Gasteiger partial charge on any atom is 0.270 e. The quantitative estimate of drug-likeness (QED) is 0.261. The Kier molecular flexibility index (Phi) is 8.29. The highest BCUT2D eigenvalue weighted by Crippen LogP contribution is 2.21. The first kappa shape index (κ1) is 28.3. The van der Waals surface area contributed by atoms with E-state index >= 15 is 0 Å². The number of hydrogen-bond acceptors (Lipinski definition) is 9. The van der Waals surface area contributed by atoms with Crippen molar-refractivity contribution in [2.24, 2.45) is 0 Å². The monoisotopic (exact) mass is 579 g/mol. The predicted octanol–water partition coefficient (Wildman–Crippen LogP) is 3.39.